The number of nitrogens with zero attached hydrogens (tertiary/aromatic N) is 2. The molecule has 0 aliphatic heterocycles. The van der Waals surface area contributed by atoms with Crippen LogP contribution >= 0.6 is 0 Å². The molecule has 8 N–H and O–H groups in total. The first-order valence-electron chi connectivity index (χ1n) is 9.53. The van der Waals surface area contributed by atoms with Crippen molar-refractivity contribution in [2.75, 3.05) is 37.0 Å². The molecule has 0 fully saturated rings. The predicted octanol–water partition coefficient (Wildman–Crippen LogP) is 2.26. The molecule has 0 atom stereocenters. The molecule has 0 spiro atoms. The molecule has 148 valence electrons. The number of hydrogen-bond acceptors (Lipinski definition) is 6. The van der Waals surface area contributed by atoms with E-state index in [0.717, 1.165) is 37.1 Å². The van der Waals surface area contributed by atoms with E-state index in [1.807, 2.05) is 24.3 Å². The molecule has 27 heavy (non-hydrogen) atoms. The molecule has 6 heteroatoms. The van der Waals surface area contributed by atoms with Gasteiger partial charge in [-0.2, -0.15) is 0 Å². The smallest absolute Gasteiger partial charge is 0.0784 e. The van der Waals surface area contributed by atoms with Gasteiger partial charge in [-0.25, -0.2) is 0 Å². The van der Waals surface area contributed by atoms with Gasteiger partial charge < -0.3 is 32.7 Å². The second-order valence-electron chi connectivity index (χ2n) is 7.14. The lowest BCUT2D eigenvalue weighted by Gasteiger charge is -2.22. The number of nitrogens with two attached hydrogens (primary N) is 4. The van der Waals surface area contributed by atoms with Gasteiger partial charge in [-0.1, -0.05) is 24.3 Å². The van der Waals surface area contributed by atoms with Crippen LogP contribution in [0.15, 0.2) is 48.5 Å². The fourth-order valence-electron chi connectivity index (χ4n) is 3.03. The maximum Gasteiger partial charge on any atom is 0.0784 e. The first-order valence-corrected chi connectivity index (χ1v) is 9.53. The minimum absolute atomic E-state index is 0.412. The molecule has 0 aromatic heterocycles. The Morgan fingerprint density at radius 1 is 0.593 bits per heavy atom. The third kappa shape index (κ3) is 6.52. The van der Waals surface area contributed by atoms with E-state index in [-0.39, 0.29) is 0 Å². The number of hydrogen-bond donors (Lipinski definition) is 4. The predicted molar refractivity (Wildman–Crippen MR) is 116 cm³/mol. The van der Waals surface area contributed by atoms with Crippen molar-refractivity contribution in [2.24, 2.45) is 22.9 Å². The van der Waals surface area contributed by atoms with Gasteiger partial charge in [0.25, 0.3) is 0 Å². The third-order valence-electron chi connectivity index (χ3n) is 4.92. The van der Waals surface area contributed by atoms with E-state index in [4.69, 9.17) is 22.9 Å². The Kier molecular flexibility index (Phi) is 8.06. The van der Waals surface area contributed by atoms with Gasteiger partial charge >= 0.3 is 0 Å². The van der Waals surface area contributed by atoms with Crippen molar-refractivity contribution in [3.63, 3.8) is 0 Å². The molecule has 0 saturated heterocycles. The molecule has 2 rings (SSSR count). The molecule has 2 aromatic carbocycles. The van der Waals surface area contributed by atoms with Gasteiger partial charge in [-0.15, -0.1) is 0 Å². The Morgan fingerprint density at radius 3 is 1.22 bits per heavy atom. The molecule has 2 aromatic rings. The van der Waals surface area contributed by atoms with Crippen LogP contribution in [0.1, 0.15) is 42.7 Å². The largest absolute Gasteiger partial charge is 0.375 e. The molecule has 0 heterocycles. The van der Waals surface area contributed by atoms with Crippen LogP contribution in [0.3, 0.4) is 0 Å². The quantitative estimate of drug-likeness (QED) is 0.377. The topological polar surface area (TPSA) is 111 Å². The minimum atomic E-state index is -0.412. The number of rotatable bonds is 10. The molecule has 0 aliphatic carbocycles. The summed E-state index contributed by atoms with van der Waals surface area (Å²) in [6.45, 7) is 2.06. The average molecular weight is 371 g/mol. The summed E-state index contributed by atoms with van der Waals surface area (Å²) >= 11 is 0. The van der Waals surface area contributed by atoms with E-state index in [0.29, 0.717) is 0 Å². The molecule has 0 unspecified atom stereocenters. The Bertz CT molecular complexity index is 607. The third-order valence-corrected chi connectivity index (χ3v) is 4.92. The molecule has 0 saturated carbocycles. The van der Waals surface area contributed by atoms with Crippen molar-refractivity contribution in [3.05, 3.63) is 59.7 Å². The van der Waals surface area contributed by atoms with E-state index in [1.165, 1.54) is 17.8 Å². The van der Waals surface area contributed by atoms with E-state index in [9.17, 15) is 0 Å². The summed E-state index contributed by atoms with van der Waals surface area (Å²) in [4.78, 5) is 4.54. The second kappa shape index (κ2) is 10.3. The highest BCUT2D eigenvalue weighted by molar-refractivity contribution is 5.48. The monoisotopic (exact) mass is 370 g/mol. The molecule has 6 nitrogen and oxygen atoms in total. The van der Waals surface area contributed by atoms with Gasteiger partial charge in [0.2, 0.25) is 0 Å². The van der Waals surface area contributed by atoms with Gasteiger partial charge in [-0.3, -0.25) is 0 Å². The van der Waals surface area contributed by atoms with Crippen molar-refractivity contribution in [2.45, 2.75) is 31.6 Å². The van der Waals surface area contributed by atoms with E-state index in [2.05, 4.69) is 48.2 Å². The lowest BCUT2D eigenvalue weighted by Crippen LogP contribution is -2.22. The number of benzene rings is 2. The van der Waals surface area contributed by atoms with Gasteiger partial charge in [0.15, 0.2) is 0 Å². The molecule has 0 bridgehead atoms. The van der Waals surface area contributed by atoms with Crippen molar-refractivity contribution in [1.29, 1.82) is 0 Å². The maximum atomic E-state index is 5.69. The summed E-state index contributed by atoms with van der Waals surface area (Å²) in [5, 5.41) is 0. The van der Waals surface area contributed by atoms with Crippen LogP contribution in [0.5, 0.6) is 0 Å². The Morgan fingerprint density at radius 2 is 0.926 bits per heavy atom. The van der Waals surface area contributed by atoms with Gasteiger partial charge in [0, 0.05) is 38.6 Å². The Hall–Kier alpha value is -2.12. The molecule has 0 aliphatic rings. The van der Waals surface area contributed by atoms with Crippen molar-refractivity contribution in [3.8, 4) is 0 Å². The molecule has 0 amide bonds. The minimum Gasteiger partial charge on any atom is -0.375 e. The zero-order chi connectivity index (χ0) is 19.8. The van der Waals surface area contributed by atoms with Gasteiger partial charge in [0.05, 0.1) is 12.3 Å². The van der Waals surface area contributed by atoms with E-state index in [1.54, 1.807) is 0 Å². The Labute approximate surface area is 163 Å². The summed E-state index contributed by atoms with van der Waals surface area (Å²) < 4.78 is 0. The van der Waals surface area contributed by atoms with Crippen LogP contribution in [-0.2, 0) is 0 Å². The first-order chi connectivity index (χ1) is 12.9. The molecular weight excluding hydrogens is 336 g/mol. The fraction of sp³-hybridized carbons (Fsp3) is 0.429. The first kappa shape index (κ1) is 21.2. The summed E-state index contributed by atoms with van der Waals surface area (Å²) in [5.41, 5.74) is 27.0. The van der Waals surface area contributed by atoms with Gasteiger partial charge in [0.1, 0.15) is 0 Å². The number of anilines is 2. The zero-order valence-corrected chi connectivity index (χ0v) is 16.5. The van der Waals surface area contributed by atoms with E-state index < -0.39 is 12.3 Å². The highest BCUT2D eigenvalue weighted by Crippen LogP contribution is 2.18. The standard InChI is InChI=1S/C21H34N6/c1-26(18-10-6-16(7-11-18)20(22)23)14-4-3-5-15-27(2)19-12-8-17(9-13-19)21(24)25/h6-13,20-21H,3-5,14-15,22-25H2,1-2H3. The van der Waals surface area contributed by atoms with Crippen LogP contribution in [0, 0.1) is 0 Å². The second-order valence-corrected chi connectivity index (χ2v) is 7.14. The van der Waals surface area contributed by atoms with Crippen LogP contribution in [0.4, 0.5) is 11.4 Å². The Balaban J connectivity index is 1.68. The van der Waals surface area contributed by atoms with Crippen molar-refractivity contribution in [1.82, 2.24) is 0 Å². The van der Waals surface area contributed by atoms with Crippen molar-refractivity contribution >= 4 is 11.4 Å². The van der Waals surface area contributed by atoms with Gasteiger partial charge in [-0.05, 0) is 54.7 Å². The lowest BCUT2D eigenvalue weighted by molar-refractivity contribution is 0.665. The summed E-state index contributed by atoms with van der Waals surface area (Å²) in [5.74, 6) is 0. The number of unbranched alkanes of at least 4 members (excludes halogenated alkanes) is 2. The summed E-state index contributed by atoms with van der Waals surface area (Å²) in [6.07, 6.45) is 2.67. The molecular formula is C21H34N6. The van der Waals surface area contributed by atoms with Crippen LogP contribution in [0.2, 0.25) is 0 Å². The maximum absolute atomic E-state index is 5.69. The highest BCUT2D eigenvalue weighted by Gasteiger charge is 2.05. The van der Waals surface area contributed by atoms with Crippen LogP contribution in [0.25, 0.3) is 0 Å². The van der Waals surface area contributed by atoms with Crippen LogP contribution in [-0.4, -0.2) is 27.2 Å². The lowest BCUT2D eigenvalue weighted by atomic mass is 10.1. The highest BCUT2D eigenvalue weighted by atomic mass is 15.1. The van der Waals surface area contributed by atoms with Crippen LogP contribution < -0.4 is 32.7 Å². The SMILES string of the molecule is CN(CCCCCN(C)c1ccc(C(N)N)cc1)c1ccc(C(N)N)cc1. The zero-order valence-electron chi connectivity index (χ0n) is 16.5. The summed E-state index contributed by atoms with van der Waals surface area (Å²) in [7, 11) is 4.24. The van der Waals surface area contributed by atoms with E-state index >= 15 is 0 Å². The van der Waals surface area contributed by atoms with Crippen molar-refractivity contribution < 1.29 is 0 Å². The summed E-state index contributed by atoms with van der Waals surface area (Å²) in [6, 6.07) is 16.3. The fourth-order valence-corrected chi connectivity index (χ4v) is 3.03. The molecule has 0 radical (unpaired) electrons. The average Bonchev–Trinajstić information content (AvgIpc) is 2.67. The normalized spacial score (nSPS) is 11.3.